The van der Waals surface area contributed by atoms with E-state index in [-0.39, 0.29) is 11.6 Å². The summed E-state index contributed by atoms with van der Waals surface area (Å²) >= 11 is 1.56. The Morgan fingerprint density at radius 1 is 1.07 bits per heavy atom. The first-order valence-electron chi connectivity index (χ1n) is 9.99. The average Bonchev–Trinajstić information content (AvgIpc) is 3.16. The Balaban J connectivity index is 1.83. The zero-order chi connectivity index (χ0) is 19.7. The maximum Gasteiger partial charge on any atom is 0.262 e. The molecule has 0 amide bonds. The molecule has 1 fully saturated rings. The summed E-state index contributed by atoms with van der Waals surface area (Å²) in [5, 5.41) is 2.70. The summed E-state index contributed by atoms with van der Waals surface area (Å²) in [5.41, 5.74) is 1.20. The van der Waals surface area contributed by atoms with Gasteiger partial charge in [-0.1, -0.05) is 44.2 Å². The lowest BCUT2D eigenvalue weighted by Crippen LogP contribution is -2.48. The molecule has 3 heterocycles. The summed E-state index contributed by atoms with van der Waals surface area (Å²) in [5.74, 6) is 1.28. The topological polar surface area (TPSA) is 41.4 Å². The highest BCUT2D eigenvalue weighted by atomic mass is 32.1. The van der Waals surface area contributed by atoms with Crippen LogP contribution in [0.25, 0.3) is 10.2 Å². The molecule has 3 aromatic rings. The van der Waals surface area contributed by atoms with E-state index in [9.17, 15) is 4.79 Å². The van der Waals surface area contributed by atoms with Gasteiger partial charge in [-0.05, 0) is 30.0 Å². The molecule has 1 atom stereocenters. The van der Waals surface area contributed by atoms with Crippen LogP contribution in [-0.2, 0) is 6.54 Å². The summed E-state index contributed by atoms with van der Waals surface area (Å²) in [7, 11) is 2.17. The van der Waals surface area contributed by atoms with Crippen LogP contribution in [0.2, 0.25) is 0 Å². The van der Waals surface area contributed by atoms with Gasteiger partial charge >= 0.3 is 0 Å². The number of hydrogen-bond acceptors (Lipinski definition) is 5. The molecule has 1 aliphatic heterocycles. The molecule has 2 aromatic heterocycles. The third-order valence-corrected chi connectivity index (χ3v) is 6.43. The summed E-state index contributed by atoms with van der Waals surface area (Å²) in [6.45, 7) is 9.14. The second kappa shape index (κ2) is 8.15. The molecule has 148 valence electrons. The second-order valence-electron chi connectivity index (χ2n) is 8.01. The van der Waals surface area contributed by atoms with E-state index in [2.05, 4.69) is 42.8 Å². The SMILES string of the molecule is CC(C)C(c1nc2sccc2c(=O)n1Cc1ccccc1)N1CCN(C)CC1. The Hall–Kier alpha value is -2.02. The van der Waals surface area contributed by atoms with Gasteiger partial charge < -0.3 is 4.90 Å². The van der Waals surface area contributed by atoms with Crippen molar-refractivity contribution in [3.05, 3.63) is 63.5 Å². The maximum atomic E-state index is 13.4. The number of nitrogens with zero attached hydrogens (tertiary/aromatic N) is 4. The molecule has 0 aliphatic carbocycles. The van der Waals surface area contributed by atoms with Crippen LogP contribution in [0.3, 0.4) is 0 Å². The number of piperazine rings is 1. The van der Waals surface area contributed by atoms with Gasteiger partial charge in [0, 0.05) is 26.2 Å². The van der Waals surface area contributed by atoms with E-state index in [1.54, 1.807) is 11.3 Å². The number of thiophene rings is 1. The van der Waals surface area contributed by atoms with E-state index in [0.717, 1.165) is 47.8 Å². The van der Waals surface area contributed by atoms with Crippen LogP contribution < -0.4 is 5.56 Å². The summed E-state index contributed by atoms with van der Waals surface area (Å²) in [4.78, 5) is 24.1. The number of likely N-dealkylation sites (N-methyl/N-ethyl adjacent to an activating group) is 1. The van der Waals surface area contributed by atoms with Crippen LogP contribution in [-0.4, -0.2) is 52.6 Å². The van der Waals surface area contributed by atoms with Crippen molar-refractivity contribution in [3.8, 4) is 0 Å². The van der Waals surface area contributed by atoms with Crippen molar-refractivity contribution in [2.75, 3.05) is 33.2 Å². The van der Waals surface area contributed by atoms with Gasteiger partial charge in [-0.3, -0.25) is 14.3 Å². The maximum absolute atomic E-state index is 13.4. The van der Waals surface area contributed by atoms with Crippen LogP contribution in [0, 0.1) is 5.92 Å². The molecular formula is C22H28N4OS. The average molecular weight is 397 g/mol. The lowest BCUT2D eigenvalue weighted by atomic mass is 10.00. The quantitative estimate of drug-likeness (QED) is 0.662. The first-order valence-corrected chi connectivity index (χ1v) is 10.9. The Kier molecular flexibility index (Phi) is 5.62. The Morgan fingerprint density at radius 3 is 2.46 bits per heavy atom. The van der Waals surface area contributed by atoms with Crippen LogP contribution in [0.1, 0.15) is 31.3 Å². The molecule has 28 heavy (non-hydrogen) atoms. The molecule has 4 rings (SSSR count). The highest BCUT2D eigenvalue weighted by Crippen LogP contribution is 2.30. The molecule has 1 aromatic carbocycles. The molecule has 1 unspecified atom stereocenters. The molecule has 0 spiro atoms. The van der Waals surface area contributed by atoms with Crippen LogP contribution in [0.5, 0.6) is 0 Å². The zero-order valence-electron chi connectivity index (χ0n) is 16.8. The number of benzene rings is 1. The lowest BCUT2D eigenvalue weighted by Gasteiger charge is -2.40. The van der Waals surface area contributed by atoms with Crippen LogP contribution in [0.15, 0.2) is 46.6 Å². The lowest BCUT2D eigenvalue weighted by molar-refractivity contribution is 0.0813. The summed E-state index contributed by atoms with van der Waals surface area (Å²) in [6, 6.07) is 12.3. The fourth-order valence-electron chi connectivity index (χ4n) is 4.09. The van der Waals surface area contributed by atoms with Crippen molar-refractivity contribution in [2.24, 2.45) is 5.92 Å². The molecule has 1 aliphatic rings. The number of aromatic nitrogens is 2. The van der Waals surface area contributed by atoms with E-state index in [1.165, 1.54) is 0 Å². The number of rotatable bonds is 5. The molecule has 0 radical (unpaired) electrons. The number of fused-ring (bicyclic) bond motifs is 1. The molecular weight excluding hydrogens is 368 g/mol. The van der Waals surface area contributed by atoms with Gasteiger partial charge in [0.2, 0.25) is 0 Å². The van der Waals surface area contributed by atoms with Gasteiger partial charge in [0.05, 0.1) is 18.0 Å². The minimum absolute atomic E-state index is 0.0740. The van der Waals surface area contributed by atoms with E-state index in [4.69, 9.17) is 4.98 Å². The summed E-state index contributed by atoms with van der Waals surface area (Å²) in [6.07, 6.45) is 0. The number of hydrogen-bond donors (Lipinski definition) is 0. The Bertz CT molecular complexity index is 987. The van der Waals surface area contributed by atoms with E-state index in [1.807, 2.05) is 34.2 Å². The molecule has 5 nitrogen and oxygen atoms in total. The minimum atomic E-state index is 0.0740. The fourth-order valence-corrected chi connectivity index (χ4v) is 4.85. The standard InChI is InChI=1S/C22H28N4OS/c1-16(2)19(25-12-10-24(3)11-13-25)20-23-21-18(9-14-28-21)22(27)26(20)15-17-7-5-4-6-8-17/h4-9,14,16,19H,10-13,15H2,1-3H3. The zero-order valence-corrected chi connectivity index (χ0v) is 17.7. The highest BCUT2D eigenvalue weighted by Gasteiger charge is 2.30. The van der Waals surface area contributed by atoms with Crippen molar-refractivity contribution in [1.29, 1.82) is 0 Å². The largest absolute Gasteiger partial charge is 0.304 e. The van der Waals surface area contributed by atoms with Crippen molar-refractivity contribution < 1.29 is 0 Å². The predicted molar refractivity (Wildman–Crippen MR) is 116 cm³/mol. The van der Waals surface area contributed by atoms with Gasteiger partial charge in [0.15, 0.2) is 0 Å². The normalized spacial score (nSPS) is 17.4. The van der Waals surface area contributed by atoms with Gasteiger partial charge in [0.25, 0.3) is 5.56 Å². The van der Waals surface area contributed by atoms with Crippen molar-refractivity contribution in [3.63, 3.8) is 0 Å². The minimum Gasteiger partial charge on any atom is -0.304 e. The fraction of sp³-hybridized carbons (Fsp3) is 0.455. The molecule has 1 saturated heterocycles. The smallest absolute Gasteiger partial charge is 0.262 e. The van der Waals surface area contributed by atoms with Crippen LogP contribution in [0.4, 0.5) is 0 Å². The highest BCUT2D eigenvalue weighted by molar-refractivity contribution is 7.16. The molecule has 6 heteroatoms. The van der Waals surface area contributed by atoms with Crippen molar-refractivity contribution in [1.82, 2.24) is 19.4 Å². The van der Waals surface area contributed by atoms with E-state index < -0.39 is 0 Å². The molecule has 0 bridgehead atoms. The van der Waals surface area contributed by atoms with Gasteiger partial charge in [-0.2, -0.15) is 0 Å². The molecule has 0 N–H and O–H groups in total. The van der Waals surface area contributed by atoms with Crippen molar-refractivity contribution >= 4 is 21.6 Å². The first-order chi connectivity index (χ1) is 13.5. The molecule has 0 saturated carbocycles. The first kappa shape index (κ1) is 19.3. The van der Waals surface area contributed by atoms with Gasteiger partial charge in [-0.25, -0.2) is 4.98 Å². The van der Waals surface area contributed by atoms with E-state index >= 15 is 0 Å². The third-order valence-electron chi connectivity index (χ3n) is 5.62. The summed E-state index contributed by atoms with van der Waals surface area (Å²) < 4.78 is 1.91. The van der Waals surface area contributed by atoms with Crippen molar-refractivity contribution in [2.45, 2.75) is 26.4 Å². The second-order valence-corrected chi connectivity index (χ2v) is 8.91. The monoisotopic (exact) mass is 396 g/mol. The van der Waals surface area contributed by atoms with Gasteiger partial charge in [0.1, 0.15) is 10.7 Å². The van der Waals surface area contributed by atoms with Gasteiger partial charge in [-0.15, -0.1) is 11.3 Å². The van der Waals surface area contributed by atoms with Crippen LogP contribution >= 0.6 is 11.3 Å². The Morgan fingerprint density at radius 2 is 1.79 bits per heavy atom. The van der Waals surface area contributed by atoms with E-state index in [0.29, 0.717) is 12.5 Å². The third kappa shape index (κ3) is 3.77. The Labute approximate surface area is 170 Å². The predicted octanol–water partition coefficient (Wildman–Crippen LogP) is 3.45.